The van der Waals surface area contributed by atoms with Crippen LogP contribution >= 0.6 is 50.9 Å². The zero-order chi connectivity index (χ0) is 26.9. The van der Waals surface area contributed by atoms with Gasteiger partial charge in [-0.05, 0) is 53.8 Å². The highest BCUT2D eigenvalue weighted by atomic mass is 79.9. The Morgan fingerprint density at radius 2 is 1.68 bits per heavy atom. The predicted molar refractivity (Wildman–Crippen MR) is 162 cm³/mol. The molecule has 8 heteroatoms. The normalized spacial score (nSPS) is 14.3. The molecule has 1 atom stereocenters. The summed E-state index contributed by atoms with van der Waals surface area (Å²) in [7, 11) is 0. The summed E-state index contributed by atoms with van der Waals surface area (Å²) in [6, 6.07) is 22.7. The van der Waals surface area contributed by atoms with Crippen molar-refractivity contribution in [1.29, 1.82) is 0 Å². The average Bonchev–Trinajstić information content (AvgIpc) is 3.42. The van der Waals surface area contributed by atoms with E-state index in [4.69, 9.17) is 23.2 Å². The second-order valence-electron chi connectivity index (χ2n) is 9.57. The minimum absolute atomic E-state index is 0.0782. The molecular weight excluding hydrogens is 603 g/mol. The fourth-order valence-electron chi connectivity index (χ4n) is 4.68. The number of halogens is 3. The maximum absolute atomic E-state index is 13.8. The summed E-state index contributed by atoms with van der Waals surface area (Å²) >= 11 is 17.3. The van der Waals surface area contributed by atoms with Crippen LogP contribution in [0, 0.1) is 0 Å². The Balaban J connectivity index is 1.56. The first kappa shape index (κ1) is 29.0. The summed E-state index contributed by atoms with van der Waals surface area (Å²) in [6.45, 7) is 0.351. The first-order valence-electron chi connectivity index (χ1n) is 12.8. The SMILES string of the molecule is O=C(NC1CCCC1)[C@H](Cc1ccccc1)N(Cc1ccc(Br)cc1)C(=O)CSCc1ccc(Cl)cc1Cl. The highest BCUT2D eigenvalue weighted by Crippen LogP contribution is 2.26. The second-order valence-corrected chi connectivity index (χ2v) is 12.3. The maximum atomic E-state index is 13.8. The van der Waals surface area contributed by atoms with E-state index < -0.39 is 6.04 Å². The molecule has 0 aliphatic heterocycles. The number of carbonyl (C=O) groups excluding carboxylic acids is 2. The van der Waals surface area contributed by atoms with Crippen molar-refractivity contribution in [2.75, 3.05) is 5.75 Å². The summed E-state index contributed by atoms with van der Waals surface area (Å²) in [4.78, 5) is 29.2. The van der Waals surface area contributed by atoms with Crippen molar-refractivity contribution < 1.29 is 9.59 Å². The molecule has 0 unspecified atom stereocenters. The van der Waals surface area contributed by atoms with E-state index in [2.05, 4.69) is 21.2 Å². The number of hydrogen-bond donors (Lipinski definition) is 1. The lowest BCUT2D eigenvalue weighted by Gasteiger charge is -2.32. The van der Waals surface area contributed by atoms with Crippen molar-refractivity contribution in [2.24, 2.45) is 0 Å². The number of benzene rings is 3. The highest BCUT2D eigenvalue weighted by molar-refractivity contribution is 9.10. The van der Waals surface area contributed by atoms with Gasteiger partial charge in [0.1, 0.15) is 6.04 Å². The smallest absolute Gasteiger partial charge is 0.243 e. The third-order valence-corrected chi connectivity index (χ3v) is 8.82. The van der Waals surface area contributed by atoms with Crippen LogP contribution < -0.4 is 5.32 Å². The molecule has 4 rings (SSSR count). The number of nitrogens with one attached hydrogen (secondary N) is 1. The van der Waals surface area contributed by atoms with Gasteiger partial charge in [0.05, 0.1) is 5.75 Å². The fraction of sp³-hybridized carbons (Fsp3) is 0.333. The van der Waals surface area contributed by atoms with Crippen molar-refractivity contribution in [1.82, 2.24) is 10.2 Å². The van der Waals surface area contributed by atoms with Gasteiger partial charge in [-0.25, -0.2) is 0 Å². The maximum Gasteiger partial charge on any atom is 0.243 e. The second kappa shape index (κ2) is 14.4. The Bertz CT molecular complexity index is 1220. The molecule has 1 aliphatic rings. The molecule has 1 aliphatic carbocycles. The van der Waals surface area contributed by atoms with E-state index in [1.54, 1.807) is 17.0 Å². The van der Waals surface area contributed by atoms with Crippen molar-refractivity contribution in [3.63, 3.8) is 0 Å². The van der Waals surface area contributed by atoms with Crippen LogP contribution in [-0.4, -0.2) is 34.6 Å². The third-order valence-electron chi connectivity index (χ3n) is 6.74. The monoisotopic (exact) mass is 632 g/mol. The number of amides is 2. The van der Waals surface area contributed by atoms with Crippen LogP contribution in [0.15, 0.2) is 77.3 Å². The van der Waals surface area contributed by atoms with Gasteiger partial charge < -0.3 is 10.2 Å². The molecule has 3 aromatic rings. The fourth-order valence-corrected chi connectivity index (χ4v) is 6.41. The number of thioether (sulfide) groups is 1. The summed E-state index contributed by atoms with van der Waals surface area (Å²) in [5.41, 5.74) is 2.92. The average molecular weight is 634 g/mol. The van der Waals surface area contributed by atoms with Gasteiger partial charge in [-0.3, -0.25) is 9.59 Å². The van der Waals surface area contributed by atoms with E-state index in [1.807, 2.05) is 60.7 Å². The molecule has 0 aromatic heterocycles. The minimum Gasteiger partial charge on any atom is -0.352 e. The van der Waals surface area contributed by atoms with Gasteiger partial charge in [0.25, 0.3) is 0 Å². The molecule has 200 valence electrons. The molecule has 0 bridgehead atoms. The largest absolute Gasteiger partial charge is 0.352 e. The van der Waals surface area contributed by atoms with Gasteiger partial charge in [0.15, 0.2) is 0 Å². The summed E-state index contributed by atoms with van der Waals surface area (Å²) in [6.07, 6.45) is 4.68. The van der Waals surface area contributed by atoms with E-state index >= 15 is 0 Å². The van der Waals surface area contributed by atoms with Crippen LogP contribution in [0.25, 0.3) is 0 Å². The van der Waals surface area contributed by atoms with Crippen LogP contribution in [0.3, 0.4) is 0 Å². The molecule has 1 N–H and O–H groups in total. The molecule has 4 nitrogen and oxygen atoms in total. The van der Waals surface area contributed by atoms with E-state index in [-0.39, 0.29) is 23.6 Å². The molecule has 2 amide bonds. The first-order chi connectivity index (χ1) is 18.4. The van der Waals surface area contributed by atoms with Gasteiger partial charge in [-0.2, -0.15) is 0 Å². The van der Waals surface area contributed by atoms with Crippen molar-refractivity contribution in [2.45, 2.75) is 56.5 Å². The van der Waals surface area contributed by atoms with Crippen molar-refractivity contribution >= 4 is 62.7 Å². The lowest BCUT2D eigenvalue weighted by Crippen LogP contribution is -2.52. The standard InChI is InChI=1S/C30H31BrCl2N2O2S/c31-24-13-10-22(11-14-24)18-35(29(36)20-38-19-23-12-15-25(32)17-27(23)33)28(16-21-6-2-1-3-7-21)30(37)34-26-8-4-5-9-26/h1-3,6-7,10-15,17,26,28H,4-5,8-9,16,18-20H2,(H,34,37)/t28-/m0/s1. The molecule has 0 heterocycles. The summed E-state index contributed by atoms with van der Waals surface area (Å²) < 4.78 is 0.967. The lowest BCUT2D eigenvalue weighted by atomic mass is 10.0. The van der Waals surface area contributed by atoms with Crippen molar-refractivity contribution in [3.05, 3.63) is 104 Å². The molecule has 1 saturated carbocycles. The topological polar surface area (TPSA) is 49.4 Å². The Hall–Kier alpha value is -1.99. The molecule has 0 radical (unpaired) electrons. The quantitative estimate of drug-likeness (QED) is 0.236. The van der Waals surface area contributed by atoms with Gasteiger partial charge in [0, 0.05) is 39.3 Å². The Morgan fingerprint density at radius 3 is 2.37 bits per heavy atom. The molecule has 1 fully saturated rings. The van der Waals surface area contributed by atoms with Crippen LogP contribution in [0.1, 0.15) is 42.4 Å². The number of carbonyl (C=O) groups is 2. The number of nitrogens with zero attached hydrogens (tertiary/aromatic N) is 1. The van der Waals surface area contributed by atoms with E-state index in [0.717, 1.165) is 46.8 Å². The molecule has 3 aromatic carbocycles. The zero-order valence-electron chi connectivity index (χ0n) is 21.0. The highest BCUT2D eigenvalue weighted by Gasteiger charge is 2.32. The molecule has 0 saturated heterocycles. The predicted octanol–water partition coefficient (Wildman–Crippen LogP) is 7.69. The van der Waals surface area contributed by atoms with Gasteiger partial charge in [0.2, 0.25) is 11.8 Å². The first-order valence-corrected chi connectivity index (χ1v) is 15.5. The third kappa shape index (κ3) is 8.51. The molecular formula is C30H31BrCl2N2O2S. The van der Waals surface area contributed by atoms with E-state index in [1.165, 1.54) is 11.8 Å². The van der Waals surface area contributed by atoms with Gasteiger partial charge in [-0.1, -0.05) is 101 Å². The van der Waals surface area contributed by atoms with Crippen LogP contribution in [0.4, 0.5) is 0 Å². The van der Waals surface area contributed by atoms with Gasteiger partial charge in [-0.15, -0.1) is 11.8 Å². The summed E-state index contributed by atoms with van der Waals surface area (Å²) in [5, 5.41) is 4.41. The van der Waals surface area contributed by atoms with Crippen LogP contribution in [0.5, 0.6) is 0 Å². The van der Waals surface area contributed by atoms with E-state index in [0.29, 0.717) is 28.8 Å². The van der Waals surface area contributed by atoms with Crippen LogP contribution in [-0.2, 0) is 28.3 Å². The molecule has 38 heavy (non-hydrogen) atoms. The summed E-state index contributed by atoms with van der Waals surface area (Å²) in [5.74, 6) is 0.644. The zero-order valence-corrected chi connectivity index (χ0v) is 25.0. The Kier molecular flexibility index (Phi) is 11.0. The van der Waals surface area contributed by atoms with E-state index in [9.17, 15) is 9.59 Å². The van der Waals surface area contributed by atoms with Crippen LogP contribution in [0.2, 0.25) is 10.0 Å². The lowest BCUT2D eigenvalue weighted by molar-refractivity contribution is -0.139. The van der Waals surface area contributed by atoms with Gasteiger partial charge >= 0.3 is 0 Å². The Morgan fingerprint density at radius 1 is 0.974 bits per heavy atom. The number of rotatable bonds is 11. The number of hydrogen-bond acceptors (Lipinski definition) is 3. The Labute approximate surface area is 247 Å². The van der Waals surface area contributed by atoms with Crippen molar-refractivity contribution in [3.8, 4) is 0 Å². The minimum atomic E-state index is -0.617. The molecule has 0 spiro atoms.